The third kappa shape index (κ3) is 3.95. The van der Waals surface area contributed by atoms with Gasteiger partial charge in [-0.05, 0) is 42.2 Å². The Hall–Kier alpha value is -2.62. The fraction of sp³-hybridized carbons (Fsp3) is 0.222. The molecule has 114 valence electrons. The number of hydrogen-bond acceptors (Lipinski definition) is 2. The van der Waals surface area contributed by atoms with Crippen LogP contribution in [0.25, 0.3) is 0 Å². The van der Waals surface area contributed by atoms with Crippen LogP contribution in [0.4, 0.5) is 5.69 Å². The van der Waals surface area contributed by atoms with E-state index in [1.165, 1.54) is 5.56 Å². The number of guanidine groups is 1. The summed E-state index contributed by atoms with van der Waals surface area (Å²) < 4.78 is 0. The van der Waals surface area contributed by atoms with Crippen LogP contribution in [0.1, 0.15) is 41.3 Å². The first kappa shape index (κ1) is 15.8. The summed E-state index contributed by atoms with van der Waals surface area (Å²) >= 11 is 0. The van der Waals surface area contributed by atoms with Gasteiger partial charge in [0.05, 0.1) is 0 Å². The van der Waals surface area contributed by atoms with Crippen molar-refractivity contribution >= 4 is 17.6 Å². The predicted molar refractivity (Wildman–Crippen MR) is 90.5 cm³/mol. The normalized spacial score (nSPS) is 10.4. The molecule has 0 saturated carbocycles. The molecule has 0 aliphatic carbocycles. The van der Waals surface area contributed by atoms with E-state index in [0.29, 0.717) is 11.5 Å². The Morgan fingerprint density at radius 3 is 2.27 bits per heavy atom. The number of carbonyl (C=O) groups is 1. The Labute approximate surface area is 131 Å². The smallest absolute Gasteiger partial charge is 0.258 e. The standard InChI is InChI=1S/C18H21N3O/c1-12(2)14-8-10-15(11-9-14)20-18(19)21-17(22)16-7-5-4-6-13(16)3/h4-12H,1-3H3,(H3,19,20,21,22). The van der Waals surface area contributed by atoms with Gasteiger partial charge in [0.25, 0.3) is 5.91 Å². The molecule has 3 N–H and O–H groups in total. The third-order valence-electron chi connectivity index (χ3n) is 3.47. The number of amides is 1. The molecule has 0 radical (unpaired) electrons. The Morgan fingerprint density at radius 1 is 1.05 bits per heavy atom. The van der Waals surface area contributed by atoms with Crippen molar-refractivity contribution in [2.24, 2.45) is 0 Å². The molecule has 4 nitrogen and oxygen atoms in total. The van der Waals surface area contributed by atoms with Crippen molar-refractivity contribution in [2.75, 3.05) is 5.32 Å². The highest BCUT2D eigenvalue weighted by Gasteiger charge is 2.10. The van der Waals surface area contributed by atoms with E-state index >= 15 is 0 Å². The molecule has 1 amide bonds. The lowest BCUT2D eigenvalue weighted by Gasteiger charge is -2.12. The summed E-state index contributed by atoms with van der Waals surface area (Å²) in [4.78, 5) is 12.1. The fourth-order valence-electron chi connectivity index (χ4n) is 2.14. The first-order valence-corrected chi connectivity index (χ1v) is 7.30. The van der Waals surface area contributed by atoms with Crippen molar-refractivity contribution in [3.8, 4) is 0 Å². The zero-order valence-electron chi connectivity index (χ0n) is 13.1. The fourth-order valence-corrected chi connectivity index (χ4v) is 2.14. The Kier molecular flexibility index (Phi) is 4.94. The largest absolute Gasteiger partial charge is 0.326 e. The molecule has 2 aromatic carbocycles. The summed E-state index contributed by atoms with van der Waals surface area (Å²) in [7, 11) is 0. The Morgan fingerprint density at radius 2 is 1.68 bits per heavy atom. The van der Waals surface area contributed by atoms with Gasteiger partial charge in [-0.3, -0.25) is 15.5 Å². The number of benzene rings is 2. The highest BCUT2D eigenvalue weighted by atomic mass is 16.1. The maximum atomic E-state index is 12.1. The van der Waals surface area contributed by atoms with Gasteiger partial charge in [0.1, 0.15) is 0 Å². The van der Waals surface area contributed by atoms with Crippen LogP contribution >= 0.6 is 0 Å². The number of carbonyl (C=O) groups excluding carboxylic acids is 1. The monoisotopic (exact) mass is 295 g/mol. The van der Waals surface area contributed by atoms with E-state index < -0.39 is 0 Å². The summed E-state index contributed by atoms with van der Waals surface area (Å²) in [5, 5.41) is 13.3. The van der Waals surface area contributed by atoms with Gasteiger partial charge in [0.15, 0.2) is 5.96 Å². The zero-order chi connectivity index (χ0) is 16.1. The molecule has 0 spiro atoms. The van der Waals surface area contributed by atoms with Crippen molar-refractivity contribution in [1.82, 2.24) is 5.32 Å². The van der Waals surface area contributed by atoms with Crippen molar-refractivity contribution in [1.29, 1.82) is 5.41 Å². The van der Waals surface area contributed by atoms with Gasteiger partial charge in [0.2, 0.25) is 0 Å². The lowest BCUT2D eigenvalue weighted by atomic mass is 10.0. The quantitative estimate of drug-likeness (QED) is 0.594. The molecule has 0 aliphatic heterocycles. The van der Waals surface area contributed by atoms with Crippen LogP contribution in [0.3, 0.4) is 0 Å². The number of anilines is 1. The molecular weight excluding hydrogens is 274 g/mol. The average molecular weight is 295 g/mol. The summed E-state index contributed by atoms with van der Waals surface area (Å²) in [6, 6.07) is 15.2. The van der Waals surface area contributed by atoms with Gasteiger partial charge in [-0.15, -0.1) is 0 Å². The summed E-state index contributed by atoms with van der Waals surface area (Å²) in [5.41, 5.74) is 3.47. The molecule has 0 aliphatic rings. The van der Waals surface area contributed by atoms with Crippen LogP contribution in [-0.4, -0.2) is 11.9 Å². The van der Waals surface area contributed by atoms with Crippen LogP contribution in [-0.2, 0) is 0 Å². The molecule has 0 atom stereocenters. The lowest BCUT2D eigenvalue weighted by molar-refractivity contribution is 0.0976. The molecular formula is C18H21N3O. The number of aryl methyl sites for hydroxylation is 1. The maximum Gasteiger partial charge on any atom is 0.258 e. The maximum absolute atomic E-state index is 12.1. The van der Waals surface area contributed by atoms with Crippen molar-refractivity contribution in [3.05, 3.63) is 65.2 Å². The van der Waals surface area contributed by atoms with Crippen LogP contribution in [0.5, 0.6) is 0 Å². The van der Waals surface area contributed by atoms with E-state index in [9.17, 15) is 4.79 Å². The van der Waals surface area contributed by atoms with E-state index in [1.807, 2.05) is 49.4 Å². The second-order valence-corrected chi connectivity index (χ2v) is 5.55. The lowest BCUT2D eigenvalue weighted by Crippen LogP contribution is -2.35. The van der Waals surface area contributed by atoms with E-state index in [1.54, 1.807) is 6.07 Å². The molecule has 22 heavy (non-hydrogen) atoms. The Bertz CT molecular complexity index is 675. The van der Waals surface area contributed by atoms with Crippen LogP contribution < -0.4 is 10.6 Å². The molecule has 4 heteroatoms. The minimum atomic E-state index is -0.283. The van der Waals surface area contributed by atoms with Crippen LogP contribution in [0.2, 0.25) is 0 Å². The van der Waals surface area contributed by atoms with Gasteiger partial charge in [-0.2, -0.15) is 0 Å². The molecule has 0 bridgehead atoms. The highest BCUT2D eigenvalue weighted by Crippen LogP contribution is 2.17. The number of hydrogen-bond donors (Lipinski definition) is 3. The summed E-state index contributed by atoms with van der Waals surface area (Å²) in [6.07, 6.45) is 0. The molecule has 0 unspecified atom stereocenters. The molecule has 0 heterocycles. The van der Waals surface area contributed by atoms with E-state index in [0.717, 1.165) is 11.3 Å². The van der Waals surface area contributed by atoms with Gasteiger partial charge in [-0.1, -0.05) is 44.2 Å². The third-order valence-corrected chi connectivity index (χ3v) is 3.47. The van der Waals surface area contributed by atoms with Gasteiger partial charge in [0, 0.05) is 11.3 Å². The van der Waals surface area contributed by atoms with Crippen molar-refractivity contribution in [3.63, 3.8) is 0 Å². The van der Waals surface area contributed by atoms with Crippen molar-refractivity contribution in [2.45, 2.75) is 26.7 Å². The highest BCUT2D eigenvalue weighted by molar-refractivity contribution is 6.09. The number of nitrogens with one attached hydrogen (secondary N) is 3. The zero-order valence-corrected chi connectivity index (χ0v) is 13.1. The molecule has 2 rings (SSSR count). The van der Waals surface area contributed by atoms with Crippen LogP contribution in [0.15, 0.2) is 48.5 Å². The molecule has 0 aromatic heterocycles. The van der Waals surface area contributed by atoms with Gasteiger partial charge >= 0.3 is 0 Å². The molecule has 2 aromatic rings. The first-order chi connectivity index (χ1) is 10.5. The minimum Gasteiger partial charge on any atom is -0.326 e. The topological polar surface area (TPSA) is 65.0 Å². The van der Waals surface area contributed by atoms with Crippen molar-refractivity contribution < 1.29 is 4.79 Å². The summed E-state index contributed by atoms with van der Waals surface area (Å²) in [5.74, 6) is 0.147. The number of rotatable bonds is 3. The molecule has 0 fully saturated rings. The second-order valence-electron chi connectivity index (χ2n) is 5.55. The van der Waals surface area contributed by atoms with E-state index in [2.05, 4.69) is 24.5 Å². The SMILES string of the molecule is Cc1ccccc1C(=O)NC(=N)Nc1ccc(C(C)C)cc1. The minimum absolute atomic E-state index is 0.0365. The van der Waals surface area contributed by atoms with E-state index in [4.69, 9.17) is 5.41 Å². The van der Waals surface area contributed by atoms with Crippen LogP contribution in [0, 0.1) is 12.3 Å². The van der Waals surface area contributed by atoms with Gasteiger partial charge < -0.3 is 5.32 Å². The average Bonchev–Trinajstić information content (AvgIpc) is 2.48. The van der Waals surface area contributed by atoms with Gasteiger partial charge in [-0.25, -0.2) is 0 Å². The Balaban J connectivity index is 1.98. The van der Waals surface area contributed by atoms with E-state index in [-0.39, 0.29) is 11.9 Å². The second kappa shape index (κ2) is 6.89. The molecule has 0 saturated heterocycles. The first-order valence-electron chi connectivity index (χ1n) is 7.30. The summed E-state index contributed by atoms with van der Waals surface area (Å²) in [6.45, 7) is 6.14. The predicted octanol–water partition coefficient (Wildman–Crippen LogP) is 3.90.